The number of nitrogens with zero attached hydrogens (tertiary/aromatic N) is 1. The molecule has 0 bridgehead atoms. The van der Waals surface area contributed by atoms with Gasteiger partial charge in [0.05, 0.1) is 5.56 Å². The minimum Gasteiger partial charge on any atom is -0.507 e. The summed E-state index contributed by atoms with van der Waals surface area (Å²) >= 11 is -2.51. The van der Waals surface area contributed by atoms with Crippen molar-refractivity contribution in [1.29, 1.82) is 0 Å². The Bertz CT molecular complexity index is 658. The van der Waals surface area contributed by atoms with E-state index in [1.807, 2.05) is 6.92 Å². The van der Waals surface area contributed by atoms with Crippen molar-refractivity contribution in [3.63, 3.8) is 0 Å². The summed E-state index contributed by atoms with van der Waals surface area (Å²) in [6, 6.07) is 1.17. The molecule has 1 heterocycles. The van der Waals surface area contributed by atoms with E-state index >= 15 is 0 Å². The first-order valence-corrected chi connectivity index (χ1v) is 8.10. The van der Waals surface area contributed by atoms with Crippen LogP contribution in [-0.4, -0.2) is 21.2 Å². The maximum absolute atomic E-state index is 13.2. The molecule has 1 aromatic carbocycles. The van der Waals surface area contributed by atoms with Crippen molar-refractivity contribution in [2.45, 2.75) is 45.7 Å². The van der Waals surface area contributed by atoms with E-state index in [-0.39, 0.29) is 29.0 Å². The summed E-state index contributed by atoms with van der Waals surface area (Å²) in [7, 11) is 0. The molecule has 1 N–H and O–H groups in total. The molecule has 1 aromatic rings. The Labute approximate surface area is 134 Å². The average molecular weight is 351 g/mol. The summed E-state index contributed by atoms with van der Waals surface area (Å²) in [6.07, 6.45) is -2.94. The van der Waals surface area contributed by atoms with Crippen LogP contribution in [0.3, 0.4) is 0 Å². The molecule has 23 heavy (non-hydrogen) atoms. The summed E-state index contributed by atoms with van der Waals surface area (Å²) < 4.78 is 60.4. The molecule has 128 valence electrons. The molecule has 1 aliphatic rings. The Morgan fingerprint density at radius 1 is 1.26 bits per heavy atom. The minimum absolute atomic E-state index is 0.132. The SMILES string of the molecule is CCCc1cc2c(c(CCC)c1O)OS(=O)ON=C2C(F)(F)F. The lowest BCUT2D eigenvalue weighted by Gasteiger charge is -2.17. The first kappa shape index (κ1) is 17.6. The average Bonchev–Trinajstić information content (AvgIpc) is 2.62. The van der Waals surface area contributed by atoms with Gasteiger partial charge in [-0.25, -0.2) is 0 Å². The monoisotopic (exact) mass is 351 g/mol. The van der Waals surface area contributed by atoms with Gasteiger partial charge >= 0.3 is 17.5 Å². The van der Waals surface area contributed by atoms with Gasteiger partial charge in [0.2, 0.25) is 0 Å². The van der Waals surface area contributed by atoms with Gasteiger partial charge in [-0.3, -0.25) is 4.28 Å². The van der Waals surface area contributed by atoms with E-state index < -0.39 is 23.2 Å². The van der Waals surface area contributed by atoms with Crippen LogP contribution in [0.5, 0.6) is 11.5 Å². The quantitative estimate of drug-likeness (QED) is 0.901. The predicted octanol–water partition coefficient (Wildman–Crippen LogP) is 3.55. The van der Waals surface area contributed by atoms with Crippen LogP contribution in [0, 0.1) is 0 Å². The van der Waals surface area contributed by atoms with Crippen molar-refractivity contribution in [2.24, 2.45) is 5.16 Å². The third-order valence-corrected chi connectivity index (χ3v) is 3.81. The Hall–Kier alpha value is -1.77. The van der Waals surface area contributed by atoms with Gasteiger partial charge in [-0.15, -0.1) is 0 Å². The van der Waals surface area contributed by atoms with Crippen molar-refractivity contribution in [3.05, 3.63) is 22.8 Å². The second-order valence-corrected chi connectivity index (χ2v) is 5.76. The maximum Gasteiger partial charge on any atom is 0.439 e. The standard InChI is InChI=1S/C14H16F3NO4S/c1-3-5-8-7-10-12(9(6-4-2)11(8)19)21-23(20)22-18-13(10)14(15,16)17/h7,19H,3-6H2,1-2H3. The van der Waals surface area contributed by atoms with Crippen molar-refractivity contribution in [3.8, 4) is 11.5 Å². The fraction of sp³-hybridized carbons (Fsp3) is 0.500. The van der Waals surface area contributed by atoms with Crippen LogP contribution in [0.4, 0.5) is 13.2 Å². The lowest BCUT2D eigenvalue weighted by Crippen LogP contribution is -2.24. The van der Waals surface area contributed by atoms with E-state index in [9.17, 15) is 22.5 Å². The summed E-state index contributed by atoms with van der Waals surface area (Å²) in [4.78, 5) is 0. The summed E-state index contributed by atoms with van der Waals surface area (Å²) in [5, 5.41) is 13.3. The molecule has 0 amide bonds. The Kier molecular flexibility index (Phi) is 5.18. The number of rotatable bonds is 4. The van der Waals surface area contributed by atoms with Gasteiger partial charge in [0.25, 0.3) is 0 Å². The van der Waals surface area contributed by atoms with Gasteiger partial charge < -0.3 is 9.29 Å². The van der Waals surface area contributed by atoms with Crippen molar-refractivity contribution >= 4 is 17.1 Å². The van der Waals surface area contributed by atoms with Gasteiger partial charge in [-0.2, -0.15) is 17.4 Å². The van der Waals surface area contributed by atoms with Gasteiger partial charge in [-0.1, -0.05) is 31.8 Å². The fourth-order valence-corrected chi connectivity index (χ4v) is 2.88. The Morgan fingerprint density at radius 2 is 1.91 bits per heavy atom. The van der Waals surface area contributed by atoms with Gasteiger partial charge in [0.15, 0.2) is 11.5 Å². The smallest absolute Gasteiger partial charge is 0.439 e. The summed E-state index contributed by atoms with van der Waals surface area (Å²) in [5.74, 6) is -0.427. The third-order valence-electron chi connectivity index (χ3n) is 3.31. The molecule has 0 spiro atoms. The molecular formula is C14H16F3NO4S. The predicted molar refractivity (Wildman–Crippen MR) is 78.5 cm³/mol. The highest BCUT2D eigenvalue weighted by Gasteiger charge is 2.42. The third kappa shape index (κ3) is 3.60. The maximum atomic E-state index is 13.2. The lowest BCUT2D eigenvalue weighted by atomic mass is 9.94. The molecule has 2 rings (SSSR count). The Balaban J connectivity index is 2.76. The molecule has 0 fully saturated rings. The number of aryl methyl sites for hydroxylation is 1. The van der Waals surface area contributed by atoms with Crippen molar-refractivity contribution in [1.82, 2.24) is 0 Å². The topological polar surface area (TPSA) is 68.1 Å². The van der Waals surface area contributed by atoms with Crippen molar-refractivity contribution in [2.75, 3.05) is 0 Å². The molecule has 5 nitrogen and oxygen atoms in total. The number of halogens is 3. The number of benzene rings is 1. The Morgan fingerprint density at radius 3 is 2.48 bits per heavy atom. The molecule has 0 saturated heterocycles. The molecule has 0 saturated carbocycles. The van der Waals surface area contributed by atoms with E-state index in [2.05, 4.69) is 9.44 Å². The molecule has 1 atom stereocenters. The largest absolute Gasteiger partial charge is 0.507 e. The highest BCUT2D eigenvalue weighted by molar-refractivity contribution is 7.75. The number of phenols is 1. The summed E-state index contributed by atoms with van der Waals surface area (Å²) in [5.41, 5.74) is -1.15. The molecule has 0 radical (unpaired) electrons. The molecular weight excluding hydrogens is 335 g/mol. The molecule has 0 aliphatic carbocycles. The molecule has 0 aromatic heterocycles. The van der Waals surface area contributed by atoms with Gasteiger partial charge in [0, 0.05) is 5.56 Å². The lowest BCUT2D eigenvalue weighted by molar-refractivity contribution is -0.0595. The van der Waals surface area contributed by atoms with E-state index in [4.69, 9.17) is 4.18 Å². The fourth-order valence-electron chi connectivity index (χ4n) is 2.39. The molecule has 9 heteroatoms. The van der Waals surface area contributed by atoms with E-state index in [1.165, 1.54) is 6.07 Å². The highest BCUT2D eigenvalue weighted by atomic mass is 32.2. The van der Waals surface area contributed by atoms with Crippen LogP contribution in [0.15, 0.2) is 11.2 Å². The number of hydrogen-bond acceptors (Lipinski definition) is 5. The normalized spacial score (nSPS) is 17.6. The number of aromatic hydroxyl groups is 1. The van der Waals surface area contributed by atoms with Gasteiger partial charge in [0.1, 0.15) is 5.75 Å². The van der Waals surface area contributed by atoms with Crippen LogP contribution in [0.2, 0.25) is 0 Å². The minimum atomic E-state index is -4.81. The zero-order valence-corrected chi connectivity index (χ0v) is 13.4. The number of alkyl halides is 3. The summed E-state index contributed by atoms with van der Waals surface area (Å²) in [6.45, 7) is 3.65. The number of fused-ring (bicyclic) bond motifs is 1. The van der Waals surface area contributed by atoms with Crippen LogP contribution in [0.25, 0.3) is 0 Å². The number of phenolic OH excluding ortho intramolecular Hbond substituents is 1. The second kappa shape index (κ2) is 6.77. The van der Waals surface area contributed by atoms with E-state index in [0.717, 1.165) is 0 Å². The second-order valence-electron chi connectivity index (χ2n) is 5.04. The zero-order valence-electron chi connectivity index (χ0n) is 12.6. The van der Waals surface area contributed by atoms with Crippen LogP contribution < -0.4 is 4.18 Å². The van der Waals surface area contributed by atoms with Gasteiger partial charge in [-0.05, 0) is 24.5 Å². The molecule has 1 aliphatic heterocycles. The molecule has 1 unspecified atom stereocenters. The zero-order chi connectivity index (χ0) is 17.2. The van der Waals surface area contributed by atoms with Crippen LogP contribution in [0.1, 0.15) is 43.4 Å². The van der Waals surface area contributed by atoms with Crippen LogP contribution >= 0.6 is 0 Å². The van der Waals surface area contributed by atoms with E-state index in [1.54, 1.807) is 6.92 Å². The van der Waals surface area contributed by atoms with Crippen LogP contribution in [-0.2, 0) is 28.5 Å². The first-order chi connectivity index (χ1) is 10.8. The van der Waals surface area contributed by atoms with Crippen molar-refractivity contribution < 1.29 is 31.0 Å². The highest BCUT2D eigenvalue weighted by Crippen LogP contribution is 2.41. The number of oxime groups is 1. The number of hydrogen-bond donors (Lipinski definition) is 1. The van der Waals surface area contributed by atoms with E-state index in [0.29, 0.717) is 24.8 Å². The first-order valence-electron chi connectivity index (χ1n) is 7.10.